The van der Waals surface area contributed by atoms with Gasteiger partial charge >= 0.3 is 12.0 Å². The fraction of sp³-hybridized carbons (Fsp3) is 0.636. The fourth-order valence-electron chi connectivity index (χ4n) is 1.41. The van der Waals surface area contributed by atoms with Gasteiger partial charge in [0.05, 0.1) is 6.54 Å². The minimum Gasteiger partial charge on any atom is -0.481 e. The predicted molar refractivity (Wildman–Crippen MR) is 65.4 cm³/mol. The van der Waals surface area contributed by atoms with Crippen LogP contribution in [0.2, 0.25) is 0 Å². The van der Waals surface area contributed by atoms with Crippen LogP contribution < -0.4 is 10.6 Å². The number of aliphatic carboxylic acids is 1. The van der Waals surface area contributed by atoms with Crippen LogP contribution in [0.15, 0.2) is 4.52 Å². The molecule has 8 heteroatoms. The molecule has 1 aromatic heterocycles. The summed E-state index contributed by atoms with van der Waals surface area (Å²) in [7, 11) is 0. The van der Waals surface area contributed by atoms with Gasteiger partial charge in [0, 0.05) is 19.9 Å². The number of hydrogen-bond donors (Lipinski definition) is 3. The molecule has 0 fully saturated rings. The van der Waals surface area contributed by atoms with Crippen molar-refractivity contribution in [1.29, 1.82) is 0 Å². The van der Waals surface area contributed by atoms with Gasteiger partial charge in [0.2, 0.25) is 5.89 Å². The third-order valence-electron chi connectivity index (χ3n) is 2.33. The largest absolute Gasteiger partial charge is 0.481 e. The zero-order valence-corrected chi connectivity index (χ0v) is 10.8. The van der Waals surface area contributed by atoms with Crippen molar-refractivity contribution in [1.82, 2.24) is 20.8 Å². The number of unbranched alkanes of at least 4 members (excludes halogenated alkanes) is 2. The molecule has 1 rings (SSSR count). The number of carbonyl (C=O) groups excluding carboxylic acids is 1. The van der Waals surface area contributed by atoms with Crippen LogP contribution >= 0.6 is 0 Å². The first kappa shape index (κ1) is 14.9. The Morgan fingerprint density at radius 2 is 2.05 bits per heavy atom. The lowest BCUT2D eigenvalue weighted by Gasteiger charge is -2.05. The Kier molecular flexibility index (Phi) is 6.34. The summed E-state index contributed by atoms with van der Waals surface area (Å²) in [6, 6.07) is -0.305. The number of urea groups is 1. The van der Waals surface area contributed by atoms with Gasteiger partial charge in [0.1, 0.15) is 0 Å². The first-order valence-corrected chi connectivity index (χ1v) is 6.10. The highest BCUT2D eigenvalue weighted by Gasteiger charge is 2.04. The molecule has 0 radical (unpaired) electrons. The van der Waals surface area contributed by atoms with E-state index < -0.39 is 5.97 Å². The van der Waals surface area contributed by atoms with E-state index in [9.17, 15) is 9.59 Å². The van der Waals surface area contributed by atoms with Gasteiger partial charge in [-0.2, -0.15) is 4.98 Å². The highest BCUT2D eigenvalue weighted by atomic mass is 16.5. The van der Waals surface area contributed by atoms with Gasteiger partial charge in [-0.15, -0.1) is 0 Å². The van der Waals surface area contributed by atoms with Crippen molar-refractivity contribution in [2.75, 3.05) is 6.54 Å². The number of amides is 2. The third kappa shape index (κ3) is 7.02. The van der Waals surface area contributed by atoms with E-state index in [1.54, 1.807) is 6.92 Å². The zero-order chi connectivity index (χ0) is 14.1. The molecule has 106 valence electrons. The van der Waals surface area contributed by atoms with Crippen LogP contribution in [0.3, 0.4) is 0 Å². The highest BCUT2D eigenvalue weighted by Crippen LogP contribution is 1.98. The monoisotopic (exact) mass is 270 g/mol. The molecular formula is C11H18N4O4. The second kappa shape index (κ2) is 8.06. The maximum absolute atomic E-state index is 11.4. The Bertz CT molecular complexity index is 419. The predicted octanol–water partition coefficient (Wildman–Crippen LogP) is 0.822. The van der Waals surface area contributed by atoms with Gasteiger partial charge in [-0.1, -0.05) is 11.6 Å². The molecule has 0 saturated heterocycles. The number of aromatic nitrogens is 2. The summed E-state index contributed by atoms with van der Waals surface area (Å²) in [5, 5.41) is 17.3. The quantitative estimate of drug-likeness (QED) is 0.602. The molecule has 0 bridgehead atoms. The van der Waals surface area contributed by atoms with Gasteiger partial charge in [-0.3, -0.25) is 4.79 Å². The van der Waals surface area contributed by atoms with Gasteiger partial charge < -0.3 is 20.3 Å². The molecule has 0 aliphatic heterocycles. The molecule has 0 atom stereocenters. The van der Waals surface area contributed by atoms with Crippen LogP contribution in [0.25, 0.3) is 0 Å². The molecule has 0 aliphatic rings. The van der Waals surface area contributed by atoms with E-state index in [0.29, 0.717) is 24.7 Å². The van der Waals surface area contributed by atoms with E-state index >= 15 is 0 Å². The number of carbonyl (C=O) groups is 2. The standard InChI is InChI=1S/C11H18N4O4/c1-8-14-9(15-19-8)7-13-11(18)12-6-4-2-3-5-10(16)17/h2-7H2,1H3,(H,16,17)(H2,12,13,18). The molecule has 3 N–H and O–H groups in total. The summed E-state index contributed by atoms with van der Waals surface area (Å²) < 4.78 is 4.76. The lowest BCUT2D eigenvalue weighted by Crippen LogP contribution is -2.35. The Balaban J connectivity index is 2.00. The lowest BCUT2D eigenvalue weighted by molar-refractivity contribution is -0.137. The molecule has 0 spiro atoms. The first-order valence-electron chi connectivity index (χ1n) is 6.10. The summed E-state index contributed by atoms with van der Waals surface area (Å²) in [6.07, 6.45) is 2.32. The number of hydrogen-bond acceptors (Lipinski definition) is 5. The van der Waals surface area contributed by atoms with E-state index in [2.05, 4.69) is 20.8 Å². The summed E-state index contributed by atoms with van der Waals surface area (Å²) >= 11 is 0. The Morgan fingerprint density at radius 3 is 2.68 bits per heavy atom. The smallest absolute Gasteiger partial charge is 0.315 e. The number of nitrogens with one attached hydrogen (secondary N) is 2. The molecular weight excluding hydrogens is 252 g/mol. The van der Waals surface area contributed by atoms with Gasteiger partial charge in [0.15, 0.2) is 5.82 Å². The molecule has 0 aromatic carbocycles. The van der Waals surface area contributed by atoms with Crippen LogP contribution in [-0.4, -0.2) is 33.8 Å². The van der Waals surface area contributed by atoms with E-state index in [4.69, 9.17) is 9.63 Å². The topological polar surface area (TPSA) is 117 Å². The van der Waals surface area contributed by atoms with Crippen molar-refractivity contribution in [3.63, 3.8) is 0 Å². The second-order valence-electron chi connectivity index (χ2n) is 4.04. The normalized spacial score (nSPS) is 10.2. The fourth-order valence-corrected chi connectivity index (χ4v) is 1.41. The molecule has 1 heterocycles. The lowest BCUT2D eigenvalue weighted by atomic mass is 10.2. The molecule has 0 aliphatic carbocycles. The van der Waals surface area contributed by atoms with Crippen molar-refractivity contribution >= 4 is 12.0 Å². The van der Waals surface area contributed by atoms with E-state index in [0.717, 1.165) is 12.8 Å². The summed E-state index contributed by atoms with van der Waals surface area (Å²) in [5.74, 6) is 0.0888. The first-order chi connectivity index (χ1) is 9.08. The Labute approximate surface area is 110 Å². The molecule has 0 saturated carbocycles. The third-order valence-corrected chi connectivity index (χ3v) is 2.33. The van der Waals surface area contributed by atoms with Crippen LogP contribution in [-0.2, 0) is 11.3 Å². The van der Waals surface area contributed by atoms with Crippen LogP contribution in [0.5, 0.6) is 0 Å². The average molecular weight is 270 g/mol. The van der Waals surface area contributed by atoms with Gasteiger partial charge in [-0.25, -0.2) is 4.79 Å². The summed E-state index contributed by atoms with van der Waals surface area (Å²) in [5.41, 5.74) is 0. The van der Waals surface area contributed by atoms with Crippen LogP contribution in [0.4, 0.5) is 4.79 Å². The molecule has 1 aromatic rings. The maximum atomic E-state index is 11.4. The van der Waals surface area contributed by atoms with Gasteiger partial charge in [-0.05, 0) is 12.8 Å². The van der Waals surface area contributed by atoms with E-state index in [-0.39, 0.29) is 19.0 Å². The van der Waals surface area contributed by atoms with Crippen LogP contribution in [0, 0.1) is 6.92 Å². The van der Waals surface area contributed by atoms with Crippen molar-refractivity contribution in [3.05, 3.63) is 11.7 Å². The second-order valence-corrected chi connectivity index (χ2v) is 4.04. The number of nitrogens with zero attached hydrogens (tertiary/aromatic N) is 2. The SMILES string of the molecule is Cc1nc(CNC(=O)NCCCCCC(=O)O)no1. The maximum Gasteiger partial charge on any atom is 0.315 e. The highest BCUT2D eigenvalue weighted by molar-refractivity contribution is 5.73. The summed E-state index contributed by atoms with van der Waals surface area (Å²) in [4.78, 5) is 25.6. The molecule has 19 heavy (non-hydrogen) atoms. The minimum atomic E-state index is -0.791. The van der Waals surface area contributed by atoms with Crippen molar-refractivity contribution in [2.45, 2.75) is 39.2 Å². The number of carboxylic acid groups (broad SMARTS) is 1. The molecule has 8 nitrogen and oxygen atoms in total. The summed E-state index contributed by atoms with van der Waals surface area (Å²) in [6.45, 7) is 2.40. The zero-order valence-electron chi connectivity index (χ0n) is 10.8. The Morgan fingerprint density at radius 1 is 1.26 bits per heavy atom. The van der Waals surface area contributed by atoms with Crippen molar-refractivity contribution in [3.8, 4) is 0 Å². The van der Waals surface area contributed by atoms with E-state index in [1.807, 2.05) is 0 Å². The van der Waals surface area contributed by atoms with E-state index in [1.165, 1.54) is 0 Å². The molecule has 0 unspecified atom stereocenters. The Hall–Kier alpha value is -2.12. The average Bonchev–Trinajstić information content (AvgIpc) is 2.76. The van der Waals surface area contributed by atoms with Gasteiger partial charge in [0.25, 0.3) is 0 Å². The minimum absolute atomic E-state index is 0.170. The van der Waals surface area contributed by atoms with Crippen LogP contribution in [0.1, 0.15) is 37.4 Å². The number of carboxylic acids is 1. The molecule has 2 amide bonds. The number of rotatable bonds is 8. The van der Waals surface area contributed by atoms with Crippen molar-refractivity contribution in [2.24, 2.45) is 0 Å². The van der Waals surface area contributed by atoms with Crippen molar-refractivity contribution < 1.29 is 19.2 Å². The number of aryl methyl sites for hydroxylation is 1.